The van der Waals surface area contributed by atoms with Gasteiger partial charge < -0.3 is 9.30 Å². The van der Waals surface area contributed by atoms with Crippen LogP contribution in [0.1, 0.15) is 25.3 Å². The molecule has 29 heavy (non-hydrogen) atoms. The van der Waals surface area contributed by atoms with Crippen LogP contribution in [0.3, 0.4) is 0 Å². The van der Waals surface area contributed by atoms with Gasteiger partial charge in [-0.3, -0.25) is 4.31 Å². The Morgan fingerprint density at radius 2 is 1.93 bits per heavy atom. The van der Waals surface area contributed by atoms with Crippen molar-refractivity contribution >= 4 is 26.6 Å². The molecule has 3 aromatic rings. The van der Waals surface area contributed by atoms with Crippen molar-refractivity contribution in [3.05, 3.63) is 48.0 Å². The first-order valence-electron chi connectivity index (χ1n) is 9.71. The van der Waals surface area contributed by atoms with Gasteiger partial charge in [0, 0.05) is 24.5 Å². The van der Waals surface area contributed by atoms with Crippen LogP contribution in [0.15, 0.2) is 42.5 Å². The Labute approximate surface area is 171 Å². The molecule has 2 heterocycles. The zero-order valence-corrected chi connectivity index (χ0v) is 17.4. The summed E-state index contributed by atoms with van der Waals surface area (Å²) in [6.07, 6.45) is 1.57. The van der Waals surface area contributed by atoms with Crippen LogP contribution in [0.2, 0.25) is 0 Å². The lowest BCUT2D eigenvalue weighted by Gasteiger charge is -2.17. The van der Waals surface area contributed by atoms with E-state index in [0.29, 0.717) is 24.2 Å². The molecule has 1 aromatic heterocycles. The van der Waals surface area contributed by atoms with Crippen molar-refractivity contribution in [3.63, 3.8) is 0 Å². The summed E-state index contributed by atoms with van der Waals surface area (Å²) < 4.78 is 33.4. The van der Waals surface area contributed by atoms with E-state index in [4.69, 9.17) is 4.74 Å². The minimum absolute atomic E-state index is 0.194. The van der Waals surface area contributed by atoms with Crippen molar-refractivity contribution in [2.75, 3.05) is 23.7 Å². The molecule has 6 nitrogen and oxygen atoms in total. The van der Waals surface area contributed by atoms with Gasteiger partial charge in [0.1, 0.15) is 11.8 Å². The van der Waals surface area contributed by atoms with Crippen molar-refractivity contribution in [3.8, 4) is 23.1 Å². The maximum Gasteiger partial charge on any atom is 0.235 e. The van der Waals surface area contributed by atoms with Gasteiger partial charge in [0.15, 0.2) is 0 Å². The van der Waals surface area contributed by atoms with Crippen LogP contribution in [-0.4, -0.2) is 32.4 Å². The van der Waals surface area contributed by atoms with E-state index in [1.165, 1.54) is 4.31 Å². The Bertz CT molecular complexity index is 1200. The molecule has 0 atom stereocenters. The maximum absolute atomic E-state index is 12.2. The van der Waals surface area contributed by atoms with Crippen LogP contribution in [0.5, 0.6) is 5.75 Å². The van der Waals surface area contributed by atoms with E-state index >= 15 is 0 Å². The van der Waals surface area contributed by atoms with E-state index in [9.17, 15) is 13.7 Å². The Kier molecular flexibility index (Phi) is 4.97. The quantitative estimate of drug-likeness (QED) is 0.635. The van der Waals surface area contributed by atoms with Crippen molar-refractivity contribution < 1.29 is 13.2 Å². The molecule has 1 aliphatic rings. The van der Waals surface area contributed by atoms with E-state index < -0.39 is 10.0 Å². The number of sulfonamides is 1. The van der Waals surface area contributed by atoms with Crippen molar-refractivity contribution in [1.29, 1.82) is 5.26 Å². The van der Waals surface area contributed by atoms with Gasteiger partial charge in [-0.25, -0.2) is 8.42 Å². The minimum Gasteiger partial charge on any atom is -0.497 e. The number of aryl methyl sites for hydroxylation is 1. The molecule has 0 bridgehead atoms. The average Bonchev–Trinajstić information content (AvgIpc) is 3.24. The number of methoxy groups -OCH3 is 1. The Hall–Kier alpha value is -2.98. The number of rotatable bonds is 5. The molecule has 0 N–H and O–H groups in total. The Morgan fingerprint density at radius 1 is 1.17 bits per heavy atom. The first-order chi connectivity index (χ1) is 14.0. The van der Waals surface area contributed by atoms with E-state index in [0.717, 1.165) is 40.9 Å². The number of nitriles is 1. The average molecular weight is 410 g/mol. The highest BCUT2D eigenvalue weighted by atomic mass is 32.2. The van der Waals surface area contributed by atoms with E-state index in [2.05, 4.69) is 17.6 Å². The van der Waals surface area contributed by atoms with Gasteiger partial charge in [-0.05, 0) is 42.7 Å². The molecule has 2 aromatic carbocycles. The number of ether oxygens (including phenoxy) is 1. The number of benzene rings is 2. The topological polar surface area (TPSA) is 75.3 Å². The summed E-state index contributed by atoms with van der Waals surface area (Å²) in [5, 5.41) is 10.8. The lowest BCUT2D eigenvalue weighted by atomic mass is 10.1. The Morgan fingerprint density at radius 3 is 2.52 bits per heavy atom. The maximum atomic E-state index is 12.2. The van der Waals surface area contributed by atoms with E-state index in [-0.39, 0.29) is 5.75 Å². The first-order valence-corrected chi connectivity index (χ1v) is 11.3. The number of hydrogen-bond donors (Lipinski definition) is 0. The summed E-state index contributed by atoms with van der Waals surface area (Å²) in [6, 6.07) is 15.6. The fourth-order valence-corrected chi connectivity index (χ4v) is 5.60. The summed E-state index contributed by atoms with van der Waals surface area (Å²) in [7, 11) is -1.58. The zero-order chi connectivity index (χ0) is 20.6. The van der Waals surface area contributed by atoms with Gasteiger partial charge in [-0.2, -0.15) is 5.26 Å². The number of hydrogen-bond acceptors (Lipinski definition) is 4. The molecular weight excluding hydrogens is 386 g/mol. The first kappa shape index (κ1) is 19.3. The zero-order valence-electron chi connectivity index (χ0n) is 16.6. The fourth-order valence-electron chi connectivity index (χ4n) is 4.04. The summed E-state index contributed by atoms with van der Waals surface area (Å²) in [4.78, 5) is 0. The van der Waals surface area contributed by atoms with Crippen LogP contribution in [0.25, 0.3) is 22.2 Å². The second-order valence-corrected chi connectivity index (χ2v) is 9.17. The van der Waals surface area contributed by atoms with Gasteiger partial charge in [0.25, 0.3) is 0 Å². The lowest BCUT2D eigenvalue weighted by Crippen LogP contribution is -2.24. The molecule has 150 valence electrons. The number of aromatic nitrogens is 1. The number of fused-ring (bicyclic) bond motifs is 1. The molecular formula is C22H23N3O3S. The van der Waals surface area contributed by atoms with Gasteiger partial charge >= 0.3 is 0 Å². The molecule has 0 spiro atoms. The molecule has 0 aliphatic carbocycles. The smallest absolute Gasteiger partial charge is 0.235 e. The highest BCUT2D eigenvalue weighted by Gasteiger charge is 2.28. The minimum atomic E-state index is -3.21. The second kappa shape index (κ2) is 7.45. The van der Waals surface area contributed by atoms with Gasteiger partial charge in [-0.1, -0.05) is 19.1 Å². The second-order valence-electron chi connectivity index (χ2n) is 7.16. The highest BCUT2D eigenvalue weighted by molar-refractivity contribution is 7.93. The summed E-state index contributed by atoms with van der Waals surface area (Å²) in [5.74, 6) is 0.942. The molecule has 0 unspecified atom stereocenters. The van der Waals surface area contributed by atoms with E-state index in [1.807, 2.05) is 42.5 Å². The van der Waals surface area contributed by atoms with Gasteiger partial charge in [0.2, 0.25) is 10.0 Å². The molecule has 7 heteroatoms. The van der Waals surface area contributed by atoms with Crippen LogP contribution in [0, 0.1) is 11.3 Å². The predicted molar refractivity (Wildman–Crippen MR) is 115 cm³/mol. The Balaban J connectivity index is 1.87. The highest BCUT2D eigenvalue weighted by Crippen LogP contribution is 2.36. The molecule has 1 aliphatic heterocycles. The molecule has 0 radical (unpaired) electrons. The normalized spacial score (nSPS) is 15.6. The molecule has 0 saturated carbocycles. The predicted octanol–water partition coefficient (Wildman–Crippen LogP) is 4.14. The molecule has 1 saturated heterocycles. The van der Waals surface area contributed by atoms with Crippen molar-refractivity contribution in [2.45, 2.75) is 26.3 Å². The third-order valence-electron chi connectivity index (χ3n) is 5.36. The third-order valence-corrected chi connectivity index (χ3v) is 7.23. The molecule has 0 amide bonds. The van der Waals surface area contributed by atoms with Crippen LogP contribution in [0.4, 0.5) is 5.69 Å². The van der Waals surface area contributed by atoms with Crippen LogP contribution < -0.4 is 9.04 Å². The standard InChI is InChI=1S/C22H23N3O3S/c1-3-11-24-21-14-18(28-2)9-10-19(21)20(15-23)22(24)16-5-7-17(8-6-16)25-12-4-13-29(25,26)27/h5-10,14H,3-4,11-13H2,1-2H3. The number of nitrogens with zero attached hydrogens (tertiary/aromatic N) is 3. The third kappa shape index (κ3) is 3.23. The largest absolute Gasteiger partial charge is 0.497 e. The van der Waals surface area contributed by atoms with E-state index in [1.54, 1.807) is 7.11 Å². The monoisotopic (exact) mass is 409 g/mol. The van der Waals surface area contributed by atoms with Gasteiger partial charge in [0.05, 0.1) is 35.3 Å². The molecule has 1 fully saturated rings. The number of anilines is 1. The fraction of sp³-hybridized carbons (Fsp3) is 0.318. The van der Waals surface area contributed by atoms with Crippen molar-refractivity contribution in [2.24, 2.45) is 0 Å². The summed E-state index contributed by atoms with van der Waals surface area (Å²) in [6.45, 7) is 3.38. The lowest BCUT2D eigenvalue weighted by molar-refractivity contribution is 0.415. The SMILES string of the molecule is CCCn1c(-c2ccc(N3CCCS3(=O)=O)cc2)c(C#N)c2ccc(OC)cc21. The summed E-state index contributed by atoms with van der Waals surface area (Å²) in [5.41, 5.74) is 4.00. The van der Waals surface area contributed by atoms with Crippen LogP contribution in [-0.2, 0) is 16.6 Å². The van der Waals surface area contributed by atoms with Gasteiger partial charge in [-0.15, -0.1) is 0 Å². The summed E-state index contributed by atoms with van der Waals surface area (Å²) >= 11 is 0. The van der Waals surface area contributed by atoms with Crippen molar-refractivity contribution in [1.82, 2.24) is 4.57 Å². The van der Waals surface area contributed by atoms with Crippen LogP contribution >= 0.6 is 0 Å². The molecule has 4 rings (SSSR count).